The molecule has 0 aliphatic carbocycles. The highest BCUT2D eigenvalue weighted by atomic mass is 16.5. The van der Waals surface area contributed by atoms with Crippen molar-refractivity contribution in [3.8, 4) is 0 Å². The summed E-state index contributed by atoms with van der Waals surface area (Å²) in [5.74, 6) is 0.655. The SMILES string of the molecule is Cc1ccc(NCC2CCCOC2)cc1N(C)C. The van der Waals surface area contributed by atoms with Crippen molar-refractivity contribution in [2.24, 2.45) is 5.92 Å². The van der Waals surface area contributed by atoms with Gasteiger partial charge >= 0.3 is 0 Å². The van der Waals surface area contributed by atoms with Crippen molar-refractivity contribution in [2.75, 3.05) is 44.1 Å². The van der Waals surface area contributed by atoms with Crippen molar-refractivity contribution < 1.29 is 4.74 Å². The highest BCUT2D eigenvalue weighted by Gasteiger charge is 2.13. The smallest absolute Gasteiger partial charge is 0.0511 e. The molecular formula is C15H24N2O. The molecule has 3 nitrogen and oxygen atoms in total. The molecule has 1 unspecified atom stereocenters. The molecule has 100 valence electrons. The number of anilines is 2. The Bertz CT molecular complexity index is 384. The van der Waals surface area contributed by atoms with Gasteiger partial charge in [0.1, 0.15) is 0 Å². The maximum Gasteiger partial charge on any atom is 0.0511 e. The highest BCUT2D eigenvalue weighted by molar-refractivity contribution is 5.61. The Morgan fingerprint density at radius 1 is 1.39 bits per heavy atom. The molecule has 1 N–H and O–H groups in total. The minimum Gasteiger partial charge on any atom is -0.385 e. The number of hydrogen-bond donors (Lipinski definition) is 1. The summed E-state index contributed by atoms with van der Waals surface area (Å²) >= 11 is 0. The molecule has 1 heterocycles. The van der Waals surface area contributed by atoms with Gasteiger partial charge in [0.2, 0.25) is 0 Å². The molecule has 2 rings (SSSR count). The Balaban J connectivity index is 1.94. The molecule has 1 saturated heterocycles. The standard InChI is InChI=1S/C15H24N2O/c1-12-6-7-14(9-15(12)17(2)3)16-10-13-5-4-8-18-11-13/h6-7,9,13,16H,4-5,8,10-11H2,1-3H3. The first-order valence-electron chi connectivity index (χ1n) is 6.76. The summed E-state index contributed by atoms with van der Waals surface area (Å²) in [7, 11) is 4.17. The lowest BCUT2D eigenvalue weighted by atomic mass is 10.0. The van der Waals surface area contributed by atoms with Gasteiger partial charge < -0.3 is 15.0 Å². The molecule has 1 aliphatic heterocycles. The van der Waals surface area contributed by atoms with E-state index in [-0.39, 0.29) is 0 Å². The zero-order valence-electron chi connectivity index (χ0n) is 11.7. The van der Waals surface area contributed by atoms with Gasteiger partial charge in [0.25, 0.3) is 0 Å². The summed E-state index contributed by atoms with van der Waals surface area (Å²) in [6.07, 6.45) is 2.47. The second kappa shape index (κ2) is 6.10. The lowest BCUT2D eigenvalue weighted by Crippen LogP contribution is -2.24. The van der Waals surface area contributed by atoms with Crippen LogP contribution in [0.4, 0.5) is 11.4 Å². The Kier molecular flexibility index (Phi) is 4.48. The fourth-order valence-electron chi connectivity index (χ4n) is 2.43. The first kappa shape index (κ1) is 13.2. The van der Waals surface area contributed by atoms with Gasteiger partial charge in [-0.2, -0.15) is 0 Å². The van der Waals surface area contributed by atoms with E-state index in [4.69, 9.17) is 4.74 Å². The van der Waals surface area contributed by atoms with Crippen LogP contribution in [0, 0.1) is 12.8 Å². The van der Waals surface area contributed by atoms with Crippen LogP contribution in [0.5, 0.6) is 0 Å². The molecule has 1 aromatic carbocycles. The Morgan fingerprint density at radius 3 is 2.89 bits per heavy atom. The third-order valence-electron chi connectivity index (χ3n) is 3.54. The Labute approximate surface area is 110 Å². The maximum absolute atomic E-state index is 5.50. The first-order chi connectivity index (χ1) is 8.66. The number of nitrogens with zero attached hydrogens (tertiary/aromatic N) is 1. The molecule has 18 heavy (non-hydrogen) atoms. The summed E-state index contributed by atoms with van der Waals surface area (Å²) in [6.45, 7) is 5.00. The second-order valence-corrected chi connectivity index (χ2v) is 5.36. The summed E-state index contributed by atoms with van der Waals surface area (Å²) in [5, 5.41) is 3.53. The zero-order valence-corrected chi connectivity index (χ0v) is 11.7. The average Bonchev–Trinajstić information content (AvgIpc) is 2.38. The summed E-state index contributed by atoms with van der Waals surface area (Å²) in [6, 6.07) is 6.56. The van der Waals surface area contributed by atoms with Crippen molar-refractivity contribution in [3.05, 3.63) is 23.8 Å². The van der Waals surface area contributed by atoms with Crippen molar-refractivity contribution >= 4 is 11.4 Å². The topological polar surface area (TPSA) is 24.5 Å². The van der Waals surface area contributed by atoms with Crippen LogP contribution >= 0.6 is 0 Å². The second-order valence-electron chi connectivity index (χ2n) is 5.36. The van der Waals surface area contributed by atoms with Crippen LogP contribution in [-0.2, 0) is 4.74 Å². The Hall–Kier alpha value is -1.22. The van der Waals surface area contributed by atoms with Crippen LogP contribution in [-0.4, -0.2) is 33.9 Å². The quantitative estimate of drug-likeness (QED) is 0.886. The van der Waals surface area contributed by atoms with Gasteiger partial charge in [0, 0.05) is 38.6 Å². The number of ether oxygens (including phenoxy) is 1. The average molecular weight is 248 g/mol. The van der Waals surface area contributed by atoms with Crippen molar-refractivity contribution in [1.82, 2.24) is 0 Å². The molecule has 1 fully saturated rings. The van der Waals surface area contributed by atoms with Crippen LogP contribution in [0.1, 0.15) is 18.4 Å². The fourth-order valence-corrected chi connectivity index (χ4v) is 2.43. The Morgan fingerprint density at radius 2 is 2.22 bits per heavy atom. The number of rotatable bonds is 4. The van der Waals surface area contributed by atoms with E-state index in [9.17, 15) is 0 Å². The van der Waals surface area contributed by atoms with Gasteiger partial charge in [-0.05, 0) is 43.4 Å². The van der Waals surface area contributed by atoms with E-state index in [0.717, 1.165) is 19.8 Å². The van der Waals surface area contributed by atoms with Gasteiger partial charge in [-0.3, -0.25) is 0 Å². The van der Waals surface area contributed by atoms with Gasteiger partial charge in [-0.15, -0.1) is 0 Å². The number of benzene rings is 1. The van der Waals surface area contributed by atoms with Gasteiger partial charge in [-0.1, -0.05) is 6.07 Å². The van der Waals surface area contributed by atoms with Crippen LogP contribution in [0.2, 0.25) is 0 Å². The van der Waals surface area contributed by atoms with Crippen molar-refractivity contribution in [2.45, 2.75) is 19.8 Å². The van der Waals surface area contributed by atoms with E-state index in [1.807, 2.05) is 0 Å². The molecule has 0 spiro atoms. The zero-order chi connectivity index (χ0) is 13.0. The number of nitrogens with one attached hydrogen (secondary N) is 1. The predicted molar refractivity (Wildman–Crippen MR) is 77.5 cm³/mol. The van der Waals surface area contributed by atoms with Crippen LogP contribution in [0.25, 0.3) is 0 Å². The summed E-state index contributed by atoms with van der Waals surface area (Å²) in [4.78, 5) is 2.16. The molecule has 3 heteroatoms. The largest absolute Gasteiger partial charge is 0.385 e. The molecule has 0 radical (unpaired) electrons. The minimum atomic E-state index is 0.655. The number of aryl methyl sites for hydroxylation is 1. The monoisotopic (exact) mass is 248 g/mol. The fraction of sp³-hybridized carbons (Fsp3) is 0.600. The molecule has 1 aromatic rings. The predicted octanol–water partition coefficient (Wildman–Crippen LogP) is 2.90. The lowest BCUT2D eigenvalue weighted by molar-refractivity contribution is 0.0595. The summed E-state index contributed by atoms with van der Waals surface area (Å²) in [5.41, 5.74) is 3.79. The molecule has 0 saturated carbocycles. The van der Waals surface area contributed by atoms with Gasteiger partial charge in [0.05, 0.1) is 6.61 Å². The van der Waals surface area contributed by atoms with Crippen molar-refractivity contribution in [1.29, 1.82) is 0 Å². The summed E-state index contributed by atoms with van der Waals surface area (Å²) < 4.78 is 5.50. The molecule has 0 amide bonds. The molecular weight excluding hydrogens is 224 g/mol. The van der Waals surface area contributed by atoms with Crippen LogP contribution in [0.3, 0.4) is 0 Å². The molecule has 1 atom stereocenters. The van der Waals surface area contributed by atoms with E-state index < -0.39 is 0 Å². The minimum absolute atomic E-state index is 0.655. The normalized spacial score (nSPS) is 19.6. The molecule has 0 aromatic heterocycles. The van der Waals surface area contributed by atoms with Gasteiger partial charge in [-0.25, -0.2) is 0 Å². The van der Waals surface area contributed by atoms with Crippen molar-refractivity contribution in [3.63, 3.8) is 0 Å². The lowest BCUT2D eigenvalue weighted by Gasteiger charge is -2.23. The van der Waals surface area contributed by atoms with E-state index in [0.29, 0.717) is 5.92 Å². The molecule has 1 aliphatic rings. The van der Waals surface area contributed by atoms with E-state index >= 15 is 0 Å². The van der Waals surface area contributed by atoms with E-state index in [2.05, 4.69) is 49.4 Å². The number of hydrogen-bond acceptors (Lipinski definition) is 3. The van der Waals surface area contributed by atoms with Crippen LogP contribution in [0.15, 0.2) is 18.2 Å². The highest BCUT2D eigenvalue weighted by Crippen LogP contribution is 2.23. The van der Waals surface area contributed by atoms with E-state index in [1.54, 1.807) is 0 Å². The van der Waals surface area contributed by atoms with Gasteiger partial charge in [0.15, 0.2) is 0 Å². The maximum atomic E-state index is 5.50. The third-order valence-corrected chi connectivity index (χ3v) is 3.54. The first-order valence-corrected chi connectivity index (χ1v) is 6.76. The molecule has 0 bridgehead atoms. The van der Waals surface area contributed by atoms with Crippen LogP contribution < -0.4 is 10.2 Å². The van der Waals surface area contributed by atoms with E-state index in [1.165, 1.54) is 29.8 Å². The third kappa shape index (κ3) is 3.39.